The van der Waals surface area contributed by atoms with E-state index < -0.39 is 29.4 Å². The molecule has 208 valence electrons. The molecular formula is C27H33FN6O5. The molecule has 2 aromatic heterocycles. The Morgan fingerprint density at radius 2 is 1.90 bits per heavy atom. The monoisotopic (exact) mass is 540 g/mol. The molecule has 3 aromatic rings. The normalized spacial score (nSPS) is 12.1. The number of carbonyl (C=O) groups is 3. The van der Waals surface area contributed by atoms with Crippen LogP contribution in [0, 0.1) is 5.82 Å². The zero-order valence-corrected chi connectivity index (χ0v) is 22.8. The molecule has 0 unspecified atom stereocenters. The van der Waals surface area contributed by atoms with Gasteiger partial charge in [0.25, 0.3) is 5.56 Å². The first-order valence-electron chi connectivity index (χ1n) is 12.5. The molecule has 2 heterocycles. The highest BCUT2D eigenvalue weighted by Crippen LogP contribution is 2.18. The number of likely N-dealkylation sites (N-methyl/N-ethyl adjacent to an activating group) is 1. The second-order valence-corrected chi connectivity index (χ2v) is 9.38. The van der Waals surface area contributed by atoms with Gasteiger partial charge in [-0.15, -0.1) is 0 Å². The Kier molecular flexibility index (Phi) is 9.69. The minimum atomic E-state index is -1.12. The molecule has 0 aliphatic rings. The van der Waals surface area contributed by atoms with E-state index in [1.165, 1.54) is 59.2 Å². The molecule has 0 N–H and O–H groups in total. The number of nitrogens with zero attached hydrogens (tertiary/aromatic N) is 6. The van der Waals surface area contributed by atoms with E-state index in [-0.39, 0.29) is 30.9 Å². The molecule has 0 fully saturated rings. The van der Waals surface area contributed by atoms with Crippen LogP contribution >= 0.6 is 0 Å². The van der Waals surface area contributed by atoms with Gasteiger partial charge < -0.3 is 19.1 Å². The number of aromatic nitrogens is 4. The molecule has 2 amide bonds. The Bertz CT molecular complexity index is 1440. The summed E-state index contributed by atoms with van der Waals surface area (Å²) in [4.78, 5) is 61.5. The third kappa shape index (κ3) is 7.37. The average Bonchev–Trinajstić information content (AvgIpc) is 3.23. The van der Waals surface area contributed by atoms with E-state index in [4.69, 9.17) is 4.74 Å². The van der Waals surface area contributed by atoms with Gasteiger partial charge in [-0.2, -0.15) is 0 Å². The van der Waals surface area contributed by atoms with Crippen LogP contribution < -0.4 is 5.56 Å². The summed E-state index contributed by atoms with van der Waals surface area (Å²) >= 11 is 0. The minimum Gasteiger partial charge on any atom is -0.438 e. The fraction of sp³-hybridized carbons (Fsp3) is 0.407. The molecule has 0 aliphatic carbocycles. The molecule has 3 rings (SSSR count). The first-order valence-corrected chi connectivity index (χ1v) is 12.5. The van der Waals surface area contributed by atoms with E-state index in [9.17, 15) is 23.6 Å². The number of amides is 2. The lowest BCUT2D eigenvalue weighted by molar-refractivity contribution is -0.127. The number of rotatable bonds is 11. The summed E-state index contributed by atoms with van der Waals surface area (Å²) in [6.07, 6.45) is 3.99. The molecule has 0 aliphatic heterocycles. The smallest absolute Gasteiger partial charge is 0.409 e. The molecule has 12 heteroatoms. The highest BCUT2D eigenvalue weighted by Gasteiger charge is 2.25. The van der Waals surface area contributed by atoms with E-state index in [1.807, 2.05) is 11.5 Å². The van der Waals surface area contributed by atoms with Crippen LogP contribution in [0.15, 0.2) is 47.7 Å². The average molecular weight is 541 g/mol. The topological polar surface area (TPSA) is 120 Å². The molecular weight excluding hydrogens is 507 g/mol. The van der Waals surface area contributed by atoms with Crippen molar-refractivity contribution in [2.24, 2.45) is 0 Å². The molecule has 39 heavy (non-hydrogen) atoms. The Morgan fingerprint density at radius 1 is 1.15 bits per heavy atom. The van der Waals surface area contributed by atoms with Gasteiger partial charge in [0.15, 0.2) is 11.9 Å². The predicted octanol–water partition coefficient (Wildman–Crippen LogP) is 2.40. The number of ether oxygens (including phenoxy) is 1. The SMILES string of the molecule is CCn1c(Cn2cncc(CC(=O)[C@H](CC/C=C/C(=O)N(C)C)OC(=O)N(C)C)c2=O)nc2cc(F)ccc21. The Balaban J connectivity index is 1.80. The largest absolute Gasteiger partial charge is 0.438 e. The van der Waals surface area contributed by atoms with E-state index in [2.05, 4.69) is 9.97 Å². The summed E-state index contributed by atoms with van der Waals surface area (Å²) in [5.41, 5.74) is 0.921. The van der Waals surface area contributed by atoms with Gasteiger partial charge in [0.05, 0.1) is 23.9 Å². The van der Waals surface area contributed by atoms with Crippen molar-refractivity contribution in [2.75, 3.05) is 28.2 Å². The van der Waals surface area contributed by atoms with Gasteiger partial charge in [0.2, 0.25) is 5.91 Å². The third-order valence-corrected chi connectivity index (χ3v) is 6.02. The number of hydrogen-bond donors (Lipinski definition) is 0. The summed E-state index contributed by atoms with van der Waals surface area (Å²) in [6, 6.07) is 4.33. The Morgan fingerprint density at radius 3 is 2.56 bits per heavy atom. The lowest BCUT2D eigenvalue weighted by atomic mass is 10.0. The number of halogens is 1. The summed E-state index contributed by atoms with van der Waals surface area (Å²) in [5, 5.41) is 0. The van der Waals surface area contributed by atoms with Crippen molar-refractivity contribution in [1.29, 1.82) is 0 Å². The molecule has 0 radical (unpaired) electrons. The van der Waals surface area contributed by atoms with Crippen molar-refractivity contribution < 1.29 is 23.5 Å². The van der Waals surface area contributed by atoms with Gasteiger partial charge in [0.1, 0.15) is 11.6 Å². The van der Waals surface area contributed by atoms with Crippen LogP contribution in [0.4, 0.5) is 9.18 Å². The van der Waals surface area contributed by atoms with Crippen LogP contribution in [0.25, 0.3) is 11.0 Å². The zero-order valence-electron chi connectivity index (χ0n) is 22.8. The highest BCUT2D eigenvalue weighted by atomic mass is 19.1. The van der Waals surface area contributed by atoms with Crippen molar-refractivity contribution in [2.45, 2.75) is 45.4 Å². The number of benzene rings is 1. The molecule has 11 nitrogen and oxygen atoms in total. The van der Waals surface area contributed by atoms with Crippen LogP contribution in [-0.4, -0.2) is 81.0 Å². The lowest BCUT2D eigenvalue weighted by Gasteiger charge is -2.19. The number of allylic oxidation sites excluding steroid dienone is 1. The number of Topliss-reactive ketones (excluding diaryl/α,β-unsaturated/α-hetero) is 1. The summed E-state index contributed by atoms with van der Waals surface area (Å²) in [6.45, 7) is 2.55. The second-order valence-electron chi connectivity index (χ2n) is 9.38. The summed E-state index contributed by atoms with van der Waals surface area (Å²) in [7, 11) is 6.24. The van der Waals surface area contributed by atoms with Crippen molar-refractivity contribution >= 4 is 28.8 Å². The van der Waals surface area contributed by atoms with Gasteiger partial charge in [-0.3, -0.25) is 19.0 Å². The highest BCUT2D eigenvalue weighted by molar-refractivity contribution is 5.88. The molecule has 1 atom stereocenters. The molecule has 0 saturated carbocycles. The fourth-order valence-electron chi connectivity index (χ4n) is 3.90. The summed E-state index contributed by atoms with van der Waals surface area (Å²) < 4.78 is 22.3. The first kappa shape index (κ1) is 29.2. The number of carbonyl (C=O) groups excluding carboxylic acids is 3. The lowest BCUT2D eigenvalue weighted by Crippen LogP contribution is -2.35. The van der Waals surface area contributed by atoms with Crippen LogP contribution in [-0.2, 0) is 33.8 Å². The van der Waals surface area contributed by atoms with Gasteiger partial charge in [-0.1, -0.05) is 6.08 Å². The Hall–Kier alpha value is -4.35. The van der Waals surface area contributed by atoms with Crippen LogP contribution in [0.3, 0.4) is 0 Å². The number of ketones is 1. The van der Waals surface area contributed by atoms with Crippen LogP contribution in [0.1, 0.15) is 31.2 Å². The molecule has 1 aromatic carbocycles. The third-order valence-electron chi connectivity index (χ3n) is 6.02. The van der Waals surface area contributed by atoms with Gasteiger partial charge in [0, 0.05) is 59.0 Å². The van der Waals surface area contributed by atoms with E-state index in [0.717, 1.165) is 5.52 Å². The number of imidazole rings is 1. The zero-order chi connectivity index (χ0) is 28.7. The summed E-state index contributed by atoms with van der Waals surface area (Å²) in [5.74, 6) is -0.535. The number of fused-ring (bicyclic) bond motifs is 1. The van der Waals surface area contributed by atoms with Crippen molar-refractivity contribution in [3.05, 3.63) is 70.4 Å². The predicted molar refractivity (Wildman–Crippen MR) is 143 cm³/mol. The van der Waals surface area contributed by atoms with Crippen LogP contribution in [0.5, 0.6) is 0 Å². The van der Waals surface area contributed by atoms with E-state index >= 15 is 0 Å². The second kappa shape index (κ2) is 12.9. The fourth-order valence-corrected chi connectivity index (χ4v) is 3.90. The van der Waals surface area contributed by atoms with E-state index in [0.29, 0.717) is 24.3 Å². The maximum Gasteiger partial charge on any atom is 0.409 e. The van der Waals surface area contributed by atoms with Crippen molar-refractivity contribution in [3.63, 3.8) is 0 Å². The van der Waals surface area contributed by atoms with Crippen LogP contribution in [0.2, 0.25) is 0 Å². The minimum absolute atomic E-state index is 0.0712. The van der Waals surface area contributed by atoms with Gasteiger partial charge >= 0.3 is 6.09 Å². The number of hydrogen-bond acceptors (Lipinski definition) is 7. The Labute approximate surface area is 225 Å². The number of aryl methyl sites for hydroxylation is 1. The van der Waals surface area contributed by atoms with Gasteiger partial charge in [-0.05, 0) is 38.0 Å². The van der Waals surface area contributed by atoms with Crippen molar-refractivity contribution in [3.8, 4) is 0 Å². The first-order chi connectivity index (χ1) is 18.5. The maximum absolute atomic E-state index is 13.7. The maximum atomic E-state index is 13.7. The quantitative estimate of drug-likeness (QED) is 0.343. The van der Waals surface area contributed by atoms with E-state index in [1.54, 1.807) is 26.2 Å². The van der Waals surface area contributed by atoms with Crippen molar-refractivity contribution in [1.82, 2.24) is 28.9 Å². The standard InChI is InChI=1S/C27H33FN6O5/c1-6-34-21-12-11-19(28)14-20(21)30-24(34)16-33-17-29-15-18(26(33)37)13-22(35)23(39-27(38)32(4)5)9-7-8-10-25(36)31(2)3/h8,10-12,14-15,17,23H,6-7,9,13,16H2,1-5H3/b10-8+/t23-/m0/s1. The molecule has 0 saturated heterocycles. The molecule has 0 spiro atoms. The molecule has 0 bridgehead atoms. The van der Waals surface area contributed by atoms with Gasteiger partial charge in [-0.25, -0.2) is 19.2 Å².